The highest BCUT2D eigenvalue weighted by atomic mass is 16.3. The van der Waals surface area contributed by atoms with Crippen molar-refractivity contribution in [3.05, 3.63) is 29.8 Å². The highest BCUT2D eigenvalue weighted by molar-refractivity contribution is 5.30. The quantitative estimate of drug-likeness (QED) is 0.730. The first-order valence-corrected chi connectivity index (χ1v) is 6.52. The largest absolute Gasteiger partial charge is 0.508 e. The van der Waals surface area contributed by atoms with Crippen LogP contribution in [0.4, 0.5) is 0 Å². The highest BCUT2D eigenvalue weighted by Crippen LogP contribution is 2.21. The predicted octanol–water partition coefficient (Wildman–Crippen LogP) is 1.97. The van der Waals surface area contributed by atoms with E-state index in [4.69, 9.17) is 5.73 Å². The van der Waals surface area contributed by atoms with Crippen LogP contribution in [0.15, 0.2) is 24.3 Å². The lowest BCUT2D eigenvalue weighted by Crippen LogP contribution is -2.33. The standard InChI is InChI=1S/C14H22N2O/c15-9-12(10-16-13-5-1-2-6-13)11-4-3-7-14(17)8-11/h3-4,7-8,12-13,16-17H,1-2,5-6,9-10,15H2. The molecule has 1 aromatic carbocycles. The zero-order valence-electron chi connectivity index (χ0n) is 10.2. The van der Waals surface area contributed by atoms with E-state index in [9.17, 15) is 5.11 Å². The van der Waals surface area contributed by atoms with Crippen LogP contribution in [-0.2, 0) is 0 Å². The van der Waals surface area contributed by atoms with Gasteiger partial charge in [0.1, 0.15) is 5.75 Å². The van der Waals surface area contributed by atoms with Gasteiger partial charge in [-0.05, 0) is 30.5 Å². The minimum atomic E-state index is 0.294. The van der Waals surface area contributed by atoms with Crippen LogP contribution in [0.25, 0.3) is 0 Å². The molecule has 0 amide bonds. The van der Waals surface area contributed by atoms with E-state index in [-0.39, 0.29) is 0 Å². The number of nitrogens with one attached hydrogen (secondary N) is 1. The van der Waals surface area contributed by atoms with Crippen molar-refractivity contribution in [1.29, 1.82) is 0 Å². The van der Waals surface area contributed by atoms with Crippen LogP contribution in [0, 0.1) is 0 Å². The summed E-state index contributed by atoms with van der Waals surface area (Å²) >= 11 is 0. The predicted molar refractivity (Wildman–Crippen MR) is 70.2 cm³/mol. The molecule has 2 rings (SSSR count). The lowest BCUT2D eigenvalue weighted by molar-refractivity contribution is 0.469. The fraction of sp³-hybridized carbons (Fsp3) is 0.571. The van der Waals surface area contributed by atoms with Crippen LogP contribution >= 0.6 is 0 Å². The molecule has 1 atom stereocenters. The van der Waals surface area contributed by atoms with Crippen molar-refractivity contribution >= 4 is 0 Å². The van der Waals surface area contributed by atoms with Crippen molar-refractivity contribution < 1.29 is 5.11 Å². The Bertz CT molecular complexity index is 348. The normalized spacial score (nSPS) is 18.4. The molecule has 3 nitrogen and oxygen atoms in total. The van der Waals surface area contributed by atoms with E-state index in [2.05, 4.69) is 5.32 Å². The van der Waals surface area contributed by atoms with Crippen LogP contribution in [0.1, 0.15) is 37.2 Å². The Kier molecular flexibility index (Phi) is 4.40. The first-order chi connectivity index (χ1) is 8.29. The SMILES string of the molecule is NCC(CNC1CCCC1)c1cccc(O)c1. The average Bonchev–Trinajstić information content (AvgIpc) is 2.83. The van der Waals surface area contributed by atoms with Gasteiger partial charge in [0.25, 0.3) is 0 Å². The minimum Gasteiger partial charge on any atom is -0.508 e. The third kappa shape index (κ3) is 3.45. The Hall–Kier alpha value is -1.06. The van der Waals surface area contributed by atoms with Crippen molar-refractivity contribution in [2.45, 2.75) is 37.6 Å². The van der Waals surface area contributed by atoms with E-state index in [1.165, 1.54) is 25.7 Å². The molecule has 0 saturated heterocycles. The molecular formula is C14H22N2O. The number of phenolic OH excluding ortho intramolecular Hbond substituents is 1. The lowest BCUT2D eigenvalue weighted by Gasteiger charge is -2.19. The summed E-state index contributed by atoms with van der Waals surface area (Å²) in [5.74, 6) is 0.615. The molecule has 0 aromatic heterocycles. The van der Waals surface area contributed by atoms with Crippen molar-refractivity contribution in [2.24, 2.45) is 5.73 Å². The summed E-state index contributed by atoms with van der Waals surface area (Å²) in [4.78, 5) is 0. The van der Waals surface area contributed by atoms with Crippen LogP contribution < -0.4 is 11.1 Å². The summed E-state index contributed by atoms with van der Waals surface area (Å²) in [5.41, 5.74) is 6.94. The summed E-state index contributed by atoms with van der Waals surface area (Å²) in [6.07, 6.45) is 5.27. The number of hydrogen-bond acceptors (Lipinski definition) is 3. The molecule has 4 N–H and O–H groups in total. The maximum absolute atomic E-state index is 9.48. The zero-order valence-corrected chi connectivity index (χ0v) is 10.2. The van der Waals surface area contributed by atoms with Gasteiger partial charge in [-0.3, -0.25) is 0 Å². The monoisotopic (exact) mass is 234 g/mol. The van der Waals surface area contributed by atoms with Gasteiger partial charge in [-0.25, -0.2) is 0 Å². The van der Waals surface area contributed by atoms with Crippen molar-refractivity contribution in [1.82, 2.24) is 5.32 Å². The first kappa shape index (κ1) is 12.4. The van der Waals surface area contributed by atoms with Crippen molar-refractivity contribution in [3.63, 3.8) is 0 Å². The highest BCUT2D eigenvalue weighted by Gasteiger charge is 2.17. The Balaban J connectivity index is 1.91. The molecule has 94 valence electrons. The molecule has 1 fully saturated rings. The molecule has 0 spiro atoms. The smallest absolute Gasteiger partial charge is 0.115 e. The summed E-state index contributed by atoms with van der Waals surface area (Å²) in [5, 5.41) is 13.1. The van der Waals surface area contributed by atoms with Gasteiger partial charge in [0.15, 0.2) is 0 Å². The van der Waals surface area contributed by atoms with Crippen LogP contribution in [0.5, 0.6) is 5.75 Å². The fourth-order valence-corrected chi connectivity index (χ4v) is 2.55. The molecular weight excluding hydrogens is 212 g/mol. The number of hydrogen-bond donors (Lipinski definition) is 3. The Morgan fingerprint density at radius 1 is 1.35 bits per heavy atom. The molecule has 1 saturated carbocycles. The average molecular weight is 234 g/mol. The molecule has 0 bridgehead atoms. The third-order valence-electron chi connectivity index (χ3n) is 3.63. The maximum atomic E-state index is 9.48. The van der Waals surface area contributed by atoms with Crippen LogP contribution in [0.3, 0.4) is 0 Å². The molecule has 1 aliphatic carbocycles. The van der Waals surface area contributed by atoms with Gasteiger partial charge < -0.3 is 16.2 Å². The van der Waals surface area contributed by atoms with E-state index in [1.54, 1.807) is 6.07 Å². The molecule has 1 aromatic rings. The summed E-state index contributed by atoms with van der Waals surface area (Å²) in [6, 6.07) is 8.09. The summed E-state index contributed by atoms with van der Waals surface area (Å²) in [6.45, 7) is 1.52. The van der Waals surface area contributed by atoms with Gasteiger partial charge in [-0.1, -0.05) is 25.0 Å². The van der Waals surface area contributed by atoms with E-state index >= 15 is 0 Å². The minimum absolute atomic E-state index is 0.294. The Morgan fingerprint density at radius 3 is 2.76 bits per heavy atom. The van der Waals surface area contributed by atoms with Crippen molar-refractivity contribution in [2.75, 3.05) is 13.1 Å². The molecule has 0 aliphatic heterocycles. The van der Waals surface area contributed by atoms with E-state index in [1.807, 2.05) is 18.2 Å². The topological polar surface area (TPSA) is 58.3 Å². The Morgan fingerprint density at radius 2 is 2.12 bits per heavy atom. The molecule has 3 heteroatoms. The Labute approximate surface area is 103 Å². The van der Waals surface area contributed by atoms with Crippen molar-refractivity contribution in [3.8, 4) is 5.75 Å². The molecule has 1 unspecified atom stereocenters. The first-order valence-electron chi connectivity index (χ1n) is 6.52. The molecule has 0 radical (unpaired) electrons. The fourth-order valence-electron chi connectivity index (χ4n) is 2.55. The van der Waals surface area contributed by atoms with E-state index in [0.29, 0.717) is 24.3 Å². The zero-order chi connectivity index (χ0) is 12.1. The van der Waals surface area contributed by atoms with E-state index < -0.39 is 0 Å². The van der Waals surface area contributed by atoms with Crippen LogP contribution in [-0.4, -0.2) is 24.2 Å². The van der Waals surface area contributed by atoms with Gasteiger partial charge in [-0.15, -0.1) is 0 Å². The number of rotatable bonds is 5. The molecule has 0 heterocycles. The molecule has 1 aliphatic rings. The second-order valence-corrected chi connectivity index (χ2v) is 4.92. The second kappa shape index (κ2) is 6.03. The van der Waals surface area contributed by atoms with Gasteiger partial charge in [0.2, 0.25) is 0 Å². The lowest BCUT2D eigenvalue weighted by atomic mass is 9.98. The van der Waals surface area contributed by atoms with E-state index in [0.717, 1.165) is 12.1 Å². The number of nitrogens with two attached hydrogens (primary N) is 1. The van der Waals surface area contributed by atoms with Crippen LogP contribution in [0.2, 0.25) is 0 Å². The van der Waals surface area contributed by atoms with Gasteiger partial charge in [0, 0.05) is 25.0 Å². The number of benzene rings is 1. The molecule has 17 heavy (non-hydrogen) atoms. The second-order valence-electron chi connectivity index (χ2n) is 4.92. The van der Waals surface area contributed by atoms with Gasteiger partial charge in [0.05, 0.1) is 0 Å². The number of aromatic hydroxyl groups is 1. The third-order valence-corrected chi connectivity index (χ3v) is 3.63. The van der Waals surface area contributed by atoms with Gasteiger partial charge in [-0.2, -0.15) is 0 Å². The maximum Gasteiger partial charge on any atom is 0.115 e. The number of phenols is 1. The van der Waals surface area contributed by atoms with Gasteiger partial charge >= 0.3 is 0 Å². The summed E-state index contributed by atoms with van der Waals surface area (Å²) in [7, 11) is 0. The summed E-state index contributed by atoms with van der Waals surface area (Å²) < 4.78 is 0.